The van der Waals surface area contributed by atoms with Gasteiger partial charge >= 0.3 is 0 Å². The van der Waals surface area contributed by atoms with Crippen molar-refractivity contribution in [2.24, 2.45) is 0 Å². The topological polar surface area (TPSA) is 72.3 Å². The van der Waals surface area contributed by atoms with E-state index in [0.29, 0.717) is 13.1 Å². The molecule has 1 unspecified atom stereocenters. The van der Waals surface area contributed by atoms with Gasteiger partial charge in [0, 0.05) is 63.8 Å². The van der Waals surface area contributed by atoms with Crippen molar-refractivity contribution in [3.05, 3.63) is 60.4 Å². The third-order valence-electron chi connectivity index (χ3n) is 4.31. The summed E-state index contributed by atoms with van der Waals surface area (Å²) in [6.07, 6.45) is 3.43. The van der Waals surface area contributed by atoms with Crippen LogP contribution in [0.3, 0.4) is 0 Å². The van der Waals surface area contributed by atoms with Gasteiger partial charge < -0.3 is 10.2 Å². The van der Waals surface area contributed by atoms with Crippen LogP contribution in [-0.4, -0.2) is 53.9 Å². The van der Waals surface area contributed by atoms with Gasteiger partial charge in [0.05, 0.1) is 6.07 Å². The number of nitrogens with one attached hydrogen (secondary N) is 1. The summed E-state index contributed by atoms with van der Waals surface area (Å²) >= 11 is 0. The zero-order valence-electron chi connectivity index (χ0n) is 15.3. The number of anilines is 1. The minimum absolute atomic E-state index is 0.101. The van der Waals surface area contributed by atoms with E-state index in [4.69, 9.17) is 0 Å². The second kappa shape index (κ2) is 10.2. The molecule has 1 amide bonds. The molecule has 0 radical (unpaired) electrons. The van der Waals surface area contributed by atoms with E-state index in [-0.39, 0.29) is 11.9 Å². The van der Waals surface area contributed by atoms with Crippen LogP contribution in [0.15, 0.2) is 54.9 Å². The zero-order chi connectivity index (χ0) is 18.8. The molecule has 0 bridgehead atoms. The maximum Gasteiger partial charge on any atom is 0.219 e. The number of para-hydroxylation sites is 1. The Morgan fingerprint density at radius 1 is 1.15 bits per heavy atom. The number of pyridine rings is 1. The number of benzene rings is 1. The van der Waals surface area contributed by atoms with Crippen LogP contribution < -0.4 is 5.32 Å². The van der Waals surface area contributed by atoms with Crippen LogP contribution in [-0.2, 0) is 4.79 Å². The first-order valence-electron chi connectivity index (χ1n) is 8.67. The Bertz CT molecular complexity index is 706. The molecule has 2 aromatic rings. The fourth-order valence-electron chi connectivity index (χ4n) is 2.80. The van der Waals surface area contributed by atoms with Crippen LogP contribution in [0, 0.1) is 11.3 Å². The van der Waals surface area contributed by atoms with Crippen molar-refractivity contribution in [1.29, 1.82) is 5.26 Å². The summed E-state index contributed by atoms with van der Waals surface area (Å²) in [5.74, 6) is 0.101. The summed E-state index contributed by atoms with van der Waals surface area (Å²) in [6, 6.07) is 15.9. The Balaban J connectivity index is 0.000000254. The van der Waals surface area contributed by atoms with E-state index in [0.717, 1.165) is 24.3 Å². The maximum absolute atomic E-state index is 11.2. The fraction of sp³-hybridized carbons (Fsp3) is 0.350. The van der Waals surface area contributed by atoms with Gasteiger partial charge in [-0.05, 0) is 18.2 Å². The monoisotopic (exact) mass is 351 g/mol. The lowest BCUT2D eigenvalue weighted by Crippen LogP contribution is -2.48. The summed E-state index contributed by atoms with van der Waals surface area (Å²) in [5, 5.41) is 12.3. The van der Waals surface area contributed by atoms with Crippen molar-refractivity contribution in [3.63, 3.8) is 0 Å². The lowest BCUT2D eigenvalue weighted by molar-refractivity contribution is -0.130. The van der Waals surface area contributed by atoms with Gasteiger partial charge in [-0.1, -0.05) is 24.3 Å². The van der Waals surface area contributed by atoms with Gasteiger partial charge in [0.2, 0.25) is 5.91 Å². The van der Waals surface area contributed by atoms with Gasteiger partial charge in [-0.15, -0.1) is 0 Å². The average molecular weight is 351 g/mol. The minimum atomic E-state index is -0.271. The van der Waals surface area contributed by atoms with Gasteiger partial charge in [0.25, 0.3) is 0 Å². The van der Waals surface area contributed by atoms with E-state index in [9.17, 15) is 10.1 Å². The molecule has 1 saturated heterocycles. The lowest BCUT2D eigenvalue weighted by Gasteiger charge is -2.36. The van der Waals surface area contributed by atoms with Crippen molar-refractivity contribution in [2.75, 3.05) is 38.5 Å². The summed E-state index contributed by atoms with van der Waals surface area (Å²) in [7, 11) is 1.91. The minimum Gasteiger partial charge on any atom is -0.388 e. The van der Waals surface area contributed by atoms with Gasteiger partial charge in [-0.3, -0.25) is 14.7 Å². The molecule has 2 heterocycles. The Morgan fingerprint density at radius 2 is 1.85 bits per heavy atom. The first kappa shape index (κ1) is 19.4. The van der Waals surface area contributed by atoms with E-state index in [1.807, 2.05) is 54.4 Å². The first-order valence-corrected chi connectivity index (χ1v) is 8.67. The third kappa shape index (κ3) is 5.57. The quantitative estimate of drug-likeness (QED) is 0.920. The van der Waals surface area contributed by atoms with Gasteiger partial charge in [-0.2, -0.15) is 5.26 Å². The molecular weight excluding hydrogens is 326 g/mol. The number of hydrogen-bond acceptors (Lipinski definition) is 5. The average Bonchev–Trinajstić information content (AvgIpc) is 2.71. The highest BCUT2D eigenvalue weighted by Gasteiger charge is 2.25. The van der Waals surface area contributed by atoms with Crippen LogP contribution in [0.2, 0.25) is 0 Å². The van der Waals surface area contributed by atoms with E-state index >= 15 is 0 Å². The smallest absolute Gasteiger partial charge is 0.219 e. The lowest BCUT2D eigenvalue weighted by atomic mass is 10.1. The van der Waals surface area contributed by atoms with Crippen LogP contribution in [0.1, 0.15) is 18.5 Å². The molecule has 1 fully saturated rings. The number of nitrogens with zero attached hydrogens (tertiary/aromatic N) is 4. The molecule has 6 nitrogen and oxygen atoms in total. The summed E-state index contributed by atoms with van der Waals surface area (Å²) in [4.78, 5) is 19.2. The molecule has 1 N–H and O–H groups in total. The summed E-state index contributed by atoms with van der Waals surface area (Å²) < 4.78 is 0. The number of amides is 1. The van der Waals surface area contributed by atoms with Crippen molar-refractivity contribution in [2.45, 2.75) is 13.0 Å². The van der Waals surface area contributed by atoms with Gasteiger partial charge in [0.1, 0.15) is 6.04 Å². The van der Waals surface area contributed by atoms with E-state index in [2.05, 4.69) is 21.3 Å². The molecule has 1 atom stereocenters. The molecule has 1 aliphatic heterocycles. The molecule has 26 heavy (non-hydrogen) atoms. The molecule has 0 spiro atoms. The van der Waals surface area contributed by atoms with Crippen LogP contribution >= 0.6 is 0 Å². The predicted octanol–water partition coefficient (Wildman–Crippen LogP) is 2.54. The number of rotatable bonds is 3. The fourth-order valence-corrected chi connectivity index (χ4v) is 2.80. The Labute approximate surface area is 155 Å². The van der Waals surface area contributed by atoms with Crippen LogP contribution in [0.25, 0.3) is 0 Å². The van der Waals surface area contributed by atoms with Crippen molar-refractivity contribution < 1.29 is 4.79 Å². The SMILES string of the molecule is CC(=O)N1CCN(C(C#N)c2cccnc2)CC1.CNc1ccccc1. The van der Waals surface area contributed by atoms with Crippen molar-refractivity contribution in [3.8, 4) is 6.07 Å². The van der Waals surface area contributed by atoms with E-state index in [1.54, 1.807) is 19.3 Å². The van der Waals surface area contributed by atoms with Crippen molar-refractivity contribution >= 4 is 11.6 Å². The maximum atomic E-state index is 11.2. The molecule has 1 aromatic heterocycles. The highest BCUT2D eigenvalue weighted by atomic mass is 16.2. The molecule has 1 aliphatic rings. The third-order valence-corrected chi connectivity index (χ3v) is 4.31. The summed E-state index contributed by atoms with van der Waals surface area (Å²) in [6.45, 7) is 4.42. The summed E-state index contributed by atoms with van der Waals surface area (Å²) in [5.41, 5.74) is 2.07. The molecule has 1 aromatic carbocycles. The number of carbonyl (C=O) groups excluding carboxylic acids is 1. The number of nitriles is 1. The molecule has 0 aliphatic carbocycles. The number of aromatic nitrogens is 1. The standard InChI is InChI=1S/C13H16N4O.C7H9N/c1-11(18)16-5-7-17(8-6-16)13(9-14)12-3-2-4-15-10-12;1-8-7-5-3-2-4-6-7/h2-4,10,13H,5-8H2,1H3;2-6,8H,1H3. The molecule has 0 saturated carbocycles. The zero-order valence-corrected chi connectivity index (χ0v) is 15.3. The van der Waals surface area contributed by atoms with E-state index in [1.165, 1.54) is 0 Å². The highest BCUT2D eigenvalue weighted by molar-refractivity contribution is 5.73. The van der Waals surface area contributed by atoms with Gasteiger partial charge in [-0.25, -0.2) is 0 Å². The first-order chi connectivity index (χ1) is 12.7. The second-order valence-electron chi connectivity index (χ2n) is 5.98. The van der Waals surface area contributed by atoms with Gasteiger partial charge in [0.15, 0.2) is 0 Å². The number of hydrogen-bond donors (Lipinski definition) is 1. The normalized spacial score (nSPS) is 15.2. The van der Waals surface area contributed by atoms with Crippen molar-refractivity contribution in [1.82, 2.24) is 14.8 Å². The predicted molar refractivity (Wildman–Crippen MR) is 102 cm³/mol. The number of carbonyl (C=O) groups is 1. The number of piperazine rings is 1. The van der Waals surface area contributed by atoms with E-state index < -0.39 is 0 Å². The Hall–Kier alpha value is -2.91. The Kier molecular flexibility index (Phi) is 7.59. The van der Waals surface area contributed by atoms with Crippen LogP contribution in [0.4, 0.5) is 5.69 Å². The Morgan fingerprint density at radius 3 is 2.31 bits per heavy atom. The van der Waals surface area contributed by atoms with Crippen LogP contribution in [0.5, 0.6) is 0 Å². The second-order valence-corrected chi connectivity index (χ2v) is 5.98. The molecule has 3 rings (SSSR count). The largest absolute Gasteiger partial charge is 0.388 e. The highest BCUT2D eigenvalue weighted by Crippen LogP contribution is 2.20. The molecule has 136 valence electrons. The molecular formula is C20H25N5O. The molecule has 6 heteroatoms.